The number of rotatable bonds is 7. The summed E-state index contributed by atoms with van der Waals surface area (Å²) in [6.45, 7) is 12.3. The lowest BCUT2D eigenvalue weighted by Crippen LogP contribution is -2.52. The smallest absolute Gasteiger partial charge is 0.411 e. The van der Waals surface area contributed by atoms with E-state index in [9.17, 15) is 14.4 Å². The molecule has 2 aliphatic heterocycles. The van der Waals surface area contributed by atoms with Crippen LogP contribution in [0.5, 0.6) is 11.5 Å². The molecule has 1 N–H and O–H groups in total. The molecule has 0 aromatic heterocycles. The highest BCUT2D eigenvalue weighted by Crippen LogP contribution is 2.41. The lowest BCUT2D eigenvalue weighted by molar-refractivity contribution is -0.162. The van der Waals surface area contributed by atoms with Crippen LogP contribution in [0.25, 0.3) is 0 Å². The van der Waals surface area contributed by atoms with Crippen molar-refractivity contribution in [1.82, 2.24) is 4.90 Å². The number of carbonyl (C=O) groups excluding carboxylic acids is 3. The van der Waals surface area contributed by atoms with Gasteiger partial charge in [-0.3, -0.25) is 9.69 Å². The Labute approximate surface area is 309 Å². The maximum absolute atomic E-state index is 13.9. The molecule has 51 heavy (non-hydrogen) atoms. The molecule has 1 saturated carbocycles. The molecule has 0 radical (unpaired) electrons. The molecule has 272 valence electrons. The molecular weight excluding hydrogens is 691 g/mol. The molecule has 2 amide bonds. The molecule has 9 nitrogen and oxygen atoms in total. The second kappa shape index (κ2) is 15.0. The van der Waals surface area contributed by atoms with Crippen LogP contribution in [0.1, 0.15) is 89.2 Å². The largest absolute Gasteiger partial charge is 0.489 e. The van der Waals surface area contributed by atoms with Gasteiger partial charge in [0, 0.05) is 12.0 Å². The Bertz CT molecular complexity index is 1790. The third-order valence-corrected chi connectivity index (χ3v) is 10.6. The van der Waals surface area contributed by atoms with Gasteiger partial charge in [0.05, 0.1) is 22.3 Å². The molecule has 0 bridgehead atoms. The number of hydrogen-bond acceptors (Lipinski definition) is 7. The molecule has 6 rings (SSSR count). The summed E-state index contributed by atoms with van der Waals surface area (Å²) in [5.41, 5.74) is 2.90. The first kappa shape index (κ1) is 36.8. The molecule has 2 heterocycles. The molecule has 0 spiro atoms. The minimum atomic E-state index is -0.903. The molecule has 1 fully saturated rings. The average molecular weight is 738 g/mol. The van der Waals surface area contributed by atoms with Gasteiger partial charge in [0.1, 0.15) is 35.9 Å². The van der Waals surface area contributed by atoms with Crippen molar-refractivity contribution in [2.75, 3.05) is 5.32 Å². The van der Waals surface area contributed by atoms with Crippen LogP contribution in [0.4, 0.5) is 10.5 Å². The number of fused-ring (bicyclic) bond motifs is 2. The van der Waals surface area contributed by atoms with E-state index < -0.39 is 29.8 Å². The Kier molecular flexibility index (Phi) is 10.8. The molecule has 2 unspecified atom stereocenters. The normalized spacial score (nSPS) is 23.0. The molecular formula is C40H46Cl2N2O7. The van der Waals surface area contributed by atoms with Gasteiger partial charge in [-0.15, -0.1) is 0 Å². The molecule has 11 heteroatoms. The number of nitrogens with zero attached hydrogens (tertiary/aromatic N) is 1. The fraction of sp³-hybridized carbons (Fsp3) is 0.475. The number of nitrogens with one attached hydrogen (secondary N) is 1. The first-order valence-electron chi connectivity index (χ1n) is 17.6. The lowest BCUT2D eigenvalue weighted by atomic mass is 9.75. The van der Waals surface area contributed by atoms with Gasteiger partial charge >= 0.3 is 12.1 Å². The van der Waals surface area contributed by atoms with Crippen LogP contribution in [-0.2, 0) is 38.6 Å². The van der Waals surface area contributed by atoms with E-state index in [0.717, 1.165) is 36.0 Å². The lowest BCUT2D eigenvalue weighted by Gasteiger charge is -2.40. The average Bonchev–Trinajstić information content (AvgIpc) is 3.06. The summed E-state index contributed by atoms with van der Waals surface area (Å²) in [6, 6.07) is 15.3. The number of carbonyl (C=O) groups is 3. The van der Waals surface area contributed by atoms with Crippen molar-refractivity contribution in [2.45, 2.75) is 104 Å². The standard InChI is InChI=1S/C40H46Cl2N2O7/c1-22(2)29-13-7-23(3)15-34(29)50-38(46)33-18-26-17-32-35(19-27(26)20-44(33)39(47)51-40(4,5)6)49-36(37(45)43-32)25-9-11-28(12-10-25)48-21-24-8-14-30(41)31(42)16-24/h8-12,14,16-17,19,22-23,29,33-34,36H,7,13,15,18,20-21H2,1-6H3,(H,43,45)/t23-,29+,33+,34?,36?/m1/s1. The summed E-state index contributed by atoms with van der Waals surface area (Å²) >= 11 is 12.1. The monoisotopic (exact) mass is 736 g/mol. The zero-order chi connectivity index (χ0) is 36.6. The fourth-order valence-electron chi connectivity index (χ4n) is 7.15. The summed E-state index contributed by atoms with van der Waals surface area (Å²) in [5.74, 6) is 1.43. The zero-order valence-electron chi connectivity index (χ0n) is 30.0. The van der Waals surface area contributed by atoms with E-state index in [1.165, 1.54) is 4.90 Å². The van der Waals surface area contributed by atoms with Crippen molar-refractivity contribution in [1.29, 1.82) is 0 Å². The molecule has 3 aromatic carbocycles. The van der Waals surface area contributed by atoms with E-state index in [0.29, 0.717) is 51.2 Å². The van der Waals surface area contributed by atoms with Crippen molar-refractivity contribution < 1.29 is 33.3 Å². The van der Waals surface area contributed by atoms with Crippen LogP contribution in [0.15, 0.2) is 54.6 Å². The SMILES string of the molecule is CC(C)[C@@H]1CC[C@@H](C)CC1OC(=O)[C@@H]1Cc2cc3c(cc2CN1C(=O)OC(C)(C)C)OC(c1ccc(OCc2ccc(Cl)c(Cl)c2)cc1)C(=O)N3. The van der Waals surface area contributed by atoms with Gasteiger partial charge in [0.15, 0.2) is 0 Å². The summed E-state index contributed by atoms with van der Waals surface area (Å²) in [6.07, 6.45) is 1.44. The van der Waals surface area contributed by atoms with E-state index in [1.807, 2.05) is 18.2 Å². The summed E-state index contributed by atoms with van der Waals surface area (Å²) in [5, 5.41) is 3.92. The minimum absolute atomic E-state index is 0.124. The Morgan fingerprint density at radius 1 is 1.00 bits per heavy atom. The summed E-state index contributed by atoms with van der Waals surface area (Å²) in [7, 11) is 0. The predicted molar refractivity (Wildman–Crippen MR) is 196 cm³/mol. The van der Waals surface area contributed by atoms with Gasteiger partial charge in [-0.1, -0.05) is 68.6 Å². The third kappa shape index (κ3) is 8.58. The summed E-state index contributed by atoms with van der Waals surface area (Å²) < 4.78 is 24.2. The predicted octanol–water partition coefficient (Wildman–Crippen LogP) is 9.31. The van der Waals surface area contributed by atoms with Gasteiger partial charge in [-0.2, -0.15) is 0 Å². The highest BCUT2D eigenvalue weighted by atomic mass is 35.5. The number of halogens is 2. The number of hydrogen-bond donors (Lipinski definition) is 1. The van der Waals surface area contributed by atoms with E-state index in [-0.39, 0.29) is 30.9 Å². The van der Waals surface area contributed by atoms with Crippen LogP contribution < -0.4 is 14.8 Å². The Balaban J connectivity index is 1.20. The maximum atomic E-state index is 13.9. The quantitative estimate of drug-likeness (QED) is 0.241. The first-order valence-corrected chi connectivity index (χ1v) is 18.4. The topological polar surface area (TPSA) is 103 Å². The van der Waals surface area contributed by atoms with Crippen LogP contribution in [-0.4, -0.2) is 40.6 Å². The maximum Gasteiger partial charge on any atom is 0.411 e. The van der Waals surface area contributed by atoms with E-state index >= 15 is 0 Å². The number of ether oxygens (including phenoxy) is 4. The molecule has 1 aliphatic carbocycles. The molecule has 0 saturated heterocycles. The van der Waals surface area contributed by atoms with Gasteiger partial charge in [0.25, 0.3) is 5.91 Å². The second-order valence-electron chi connectivity index (χ2n) is 15.3. The van der Waals surface area contributed by atoms with E-state index in [2.05, 4.69) is 26.1 Å². The zero-order valence-corrected chi connectivity index (χ0v) is 31.5. The Morgan fingerprint density at radius 2 is 1.75 bits per heavy atom. The molecule has 3 aromatic rings. The van der Waals surface area contributed by atoms with Crippen molar-refractivity contribution in [3.63, 3.8) is 0 Å². The van der Waals surface area contributed by atoms with Gasteiger partial charge in [0.2, 0.25) is 6.10 Å². The van der Waals surface area contributed by atoms with Gasteiger partial charge in [-0.25, -0.2) is 9.59 Å². The second-order valence-corrected chi connectivity index (χ2v) is 16.2. The Hall–Kier alpha value is -3.95. The van der Waals surface area contributed by atoms with Crippen molar-refractivity contribution in [2.24, 2.45) is 17.8 Å². The fourth-order valence-corrected chi connectivity index (χ4v) is 7.47. The number of amides is 2. The van der Waals surface area contributed by atoms with Crippen molar-refractivity contribution in [3.05, 3.63) is 86.9 Å². The number of esters is 1. The van der Waals surface area contributed by atoms with Crippen LogP contribution in [0.3, 0.4) is 0 Å². The van der Waals surface area contributed by atoms with Crippen LogP contribution in [0.2, 0.25) is 10.0 Å². The van der Waals surface area contributed by atoms with Crippen molar-refractivity contribution in [3.8, 4) is 11.5 Å². The van der Waals surface area contributed by atoms with E-state index in [4.69, 9.17) is 42.1 Å². The van der Waals surface area contributed by atoms with Crippen LogP contribution >= 0.6 is 23.2 Å². The Morgan fingerprint density at radius 3 is 2.43 bits per heavy atom. The molecule has 3 aliphatic rings. The van der Waals surface area contributed by atoms with Crippen LogP contribution in [0, 0.1) is 17.8 Å². The van der Waals surface area contributed by atoms with Crippen molar-refractivity contribution >= 4 is 46.9 Å². The minimum Gasteiger partial charge on any atom is -0.489 e. The van der Waals surface area contributed by atoms with Gasteiger partial charge < -0.3 is 24.3 Å². The highest BCUT2D eigenvalue weighted by Gasteiger charge is 2.42. The number of benzene rings is 3. The molecule has 5 atom stereocenters. The highest BCUT2D eigenvalue weighted by molar-refractivity contribution is 6.42. The third-order valence-electron chi connectivity index (χ3n) is 9.87. The first-order chi connectivity index (χ1) is 24.1. The number of anilines is 1. The van der Waals surface area contributed by atoms with E-state index in [1.54, 1.807) is 57.2 Å². The summed E-state index contributed by atoms with van der Waals surface area (Å²) in [4.78, 5) is 42.3. The van der Waals surface area contributed by atoms with Gasteiger partial charge in [-0.05, 0) is 104 Å².